The van der Waals surface area contributed by atoms with Crippen LogP contribution in [0.15, 0.2) is 12.1 Å². The highest BCUT2D eigenvalue weighted by Gasteiger charge is 2.25. The van der Waals surface area contributed by atoms with Crippen molar-refractivity contribution in [2.24, 2.45) is 0 Å². The van der Waals surface area contributed by atoms with Crippen LogP contribution in [0.3, 0.4) is 0 Å². The van der Waals surface area contributed by atoms with Gasteiger partial charge in [-0.3, -0.25) is 4.90 Å². The number of halogens is 1. The molecule has 1 saturated heterocycles. The number of aliphatic hydroxyl groups is 1. The molecule has 0 spiro atoms. The van der Waals surface area contributed by atoms with E-state index in [-0.39, 0.29) is 18.5 Å². The molecule has 1 fully saturated rings. The smallest absolute Gasteiger partial charge is 0.163 e. The number of hydrogen-bond acceptors (Lipinski definition) is 5. The van der Waals surface area contributed by atoms with Crippen molar-refractivity contribution in [2.75, 3.05) is 47.0 Å². The molecule has 0 bridgehead atoms. The van der Waals surface area contributed by atoms with E-state index in [1.54, 1.807) is 6.07 Å². The van der Waals surface area contributed by atoms with Gasteiger partial charge >= 0.3 is 0 Å². The predicted octanol–water partition coefficient (Wildman–Crippen LogP) is 0.781. The lowest BCUT2D eigenvalue weighted by atomic mass is 10.0. The maximum absolute atomic E-state index is 14.3. The first kappa shape index (κ1) is 15.0. The fraction of sp³-hybridized carbons (Fsp3) is 0.571. The summed E-state index contributed by atoms with van der Waals surface area (Å²) in [4.78, 5) is 2.07. The molecule has 0 aromatic heterocycles. The fourth-order valence-electron chi connectivity index (χ4n) is 2.53. The van der Waals surface area contributed by atoms with Crippen LogP contribution < -0.4 is 14.8 Å². The first-order chi connectivity index (χ1) is 9.71. The Labute approximate surface area is 118 Å². The molecule has 1 heterocycles. The Hall–Kier alpha value is -1.37. The molecule has 2 N–H and O–H groups in total. The van der Waals surface area contributed by atoms with Gasteiger partial charge in [-0.05, 0) is 6.07 Å². The number of benzene rings is 1. The molecule has 0 amide bonds. The van der Waals surface area contributed by atoms with Crippen LogP contribution in [-0.2, 0) is 0 Å². The SMILES string of the molecule is COc1cc(F)c([C@H](CO)N2CCNCC2)cc1OC. The van der Waals surface area contributed by atoms with E-state index >= 15 is 0 Å². The van der Waals surface area contributed by atoms with Crippen LogP contribution >= 0.6 is 0 Å². The van der Waals surface area contributed by atoms with E-state index in [0.29, 0.717) is 17.1 Å². The summed E-state index contributed by atoms with van der Waals surface area (Å²) in [6.07, 6.45) is 0. The van der Waals surface area contributed by atoms with Crippen molar-refractivity contribution in [3.63, 3.8) is 0 Å². The van der Waals surface area contributed by atoms with Crippen molar-refractivity contribution >= 4 is 0 Å². The summed E-state index contributed by atoms with van der Waals surface area (Å²) in [5.74, 6) is 0.434. The van der Waals surface area contributed by atoms with E-state index in [1.165, 1.54) is 20.3 Å². The lowest BCUT2D eigenvalue weighted by Gasteiger charge is -2.34. The second kappa shape index (κ2) is 6.88. The van der Waals surface area contributed by atoms with Gasteiger partial charge in [-0.2, -0.15) is 0 Å². The maximum atomic E-state index is 14.3. The Kier molecular flexibility index (Phi) is 5.17. The number of nitrogens with zero attached hydrogens (tertiary/aromatic N) is 1. The second-order valence-electron chi connectivity index (χ2n) is 4.71. The van der Waals surface area contributed by atoms with Gasteiger partial charge in [0.05, 0.1) is 26.9 Å². The summed E-state index contributed by atoms with van der Waals surface area (Å²) in [6, 6.07) is 2.55. The van der Waals surface area contributed by atoms with Crippen LogP contribution in [0.25, 0.3) is 0 Å². The molecule has 1 atom stereocenters. The minimum absolute atomic E-state index is 0.133. The number of nitrogens with one attached hydrogen (secondary N) is 1. The van der Waals surface area contributed by atoms with Crippen molar-refractivity contribution in [1.29, 1.82) is 0 Å². The summed E-state index contributed by atoms with van der Waals surface area (Å²) >= 11 is 0. The van der Waals surface area contributed by atoms with E-state index in [2.05, 4.69) is 10.2 Å². The molecule has 5 nitrogen and oxygen atoms in total. The van der Waals surface area contributed by atoms with Gasteiger partial charge < -0.3 is 19.9 Å². The van der Waals surface area contributed by atoms with E-state index in [1.807, 2.05) is 0 Å². The summed E-state index contributed by atoms with van der Waals surface area (Å²) < 4.78 is 24.5. The average molecular weight is 284 g/mol. The predicted molar refractivity (Wildman–Crippen MR) is 73.8 cm³/mol. The molecule has 20 heavy (non-hydrogen) atoms. The molecular formula is C14H21FN2O3. The molecule has 1 aliphatic heterocycles. The third kappa shape index (κ3) is 3.03. The van der Waals surface area contributed by atoms with E-state index in [9.17, 15) is 9.50 Å². The minimum atomic E-state index is -0.389. The van der Waals surface area contributed by atoms with Gasteiger partial charge in [-0.15, -0.1) is 0 Å². The Morgan fingerprint density at radius 2 is 1.85 bits per heavy atom. The number of rotatable bonds is 5. The van der Waals surface area contributed by atoms with Crippen molar-refractivity contribution in [1.82, 2.24) is 10.2 Å². The van der Waals surface area contributed by atoms with Crippen molar-refractivity contribution in [2.45, 2.75) is 6.04 Å². The first-order valence-electron chi connectivity index (χ1n) is 6.68. The van der Waals surface area contributed by atoms with Gasteiger partial charge in [0.25, 0.3) is 0 Å². The van der Waals surface area contributed by atoms with Crippen LogP contribution in [0.5, 0.6) is 11.5 Å². The summed E-state index contributed by atoms with van der Waals surface area (Å²) in [7, 11) is 2.98. The Bertz CT molecular complexity index is 450. The number of piperazine rings is 1. The number of hydrogen-bond donors (Lipinski definition) is 2. The number of ether oxygens (including phenoxy) is 2. The molecule has 6 heteroatoms. The van der Waals surface area contributed by atoms with Gasteiger partial charge in [0.2, 0.25) is 0 Å². The van der Waals surface area contributed by atoms with Gasteiger partial charge in [-0.1, -0.05) is 0 Å². The highest BCUT2D eigenvalue weighted by molar-refractivity contribution is 5.44. The molecule has 1 aromatic rings. The third-order valence-electron chi connectivity index (χ3n) is 3.63. The zero-order chi connectivity index (χ0) is 14.5. The van der Waals surface area contributed by atoms with Crippen LogP contribution in [0.1, 0.15) is 11.6 Å². The quantitative estimate of drug-likeness (QED) is 0.837. The molecular weight excluding hydrogens is 263 g/mol. The fourth-order valence-corrected chi connectivity index (χ4v) is 2.53. The molecule has 112 valence electrons. The molecule has 0 saturated carbocycles. The van der Waals surface area contributed by atoms with E-state index in [4.69, 9.17) is 9.47 Å². The number of aliphatic hydroxyl groups excluding tert-OH is 1. The van der Waals surface area contributed by atoms with Crippen molar-refractivity contribution in [3.8, 4) is 11.5 Å². The summed E-state index contributed by atoms with van der Waals surface area (Å²) in [5.41, 5.74) is 0.437. The van der Waals surface area contributed by atoms with E-state index < -0.39 is 0 Å². The average Bonchev–Trinajstić information content (AvgIpc) is 2.50. The second-order valence-corrected chi connectivity index (χ2v) is 4.71. The van der Waals surface area contributed by atoms with Crippen molar-refractivity contribution < 1.29 is 19.0 Å². The maximum Gasteiger partial charge on any atom is 0.163 e. The zero-order valence-electron chi connectivity index (χ0n) is 11.9. The molecule has 2 rings (SSSR count). The molecule has 0 aliphatic carbocycles. The van der Waals surface area contributed by atoms with Crippen LogP contribution in [-0.4, -0.2) is 57.0 Å². The Balaban J connectivity index is 2.33. The normalized spacial score (nSPS) is 17.8. The first-order valence-corrected chi connectivity index (χ1v) is 6.68. The van der Waals surface area contributed by atoms with Gasteiger partial charge in [0, 0.05) is 37.8 Å². The molecule has 1 aromatic carbocycles. The number of methoxy groups -OCH3 is 2. The summed E-state index contributed by atoms with van der Waals surface area (Å²) in [6.45, 7) is 3.10. The zero-order valence-corrected chi connectivity index (χ0v) is 11.9. The van der Waals surface area contributed by atoms with Gasteiger partial charge in [0.1, 0.15) is 5.82 Å². The monoisotopic (exact) mass is 284 g/mol. The highest BCUT2D eigenvalue weighted by atomic mass is 19.1. The minimum Gasteiger partial charge on any atom is -0.493 e. The Morgan fingerprint density at radius 1 is 1.25 bits per heavy atom. The van der Waals surface area contributed by atoms with Crippen LogP contribution in [0, 0.1) is 5.82 Å². The summed E-state index contributed by atoms with van der Waals surface area (Å²) in [5, 5.41) is 12.9. The highest BCUT2D eigenvalue weighted by Crippen LogP contribution is 2.34. The van der Waals surface area contributed by atoms with Crippen LogP contribution in [0.2, 0.25) is 0 Å². The van der Waals surface area contributed by atoms with Crippen LogP contribution in [0.4, 0.5) is 4.39 Å². The Morgan fingerprint density at radius 3 is 2.40 bits per heavy atom. The van der Waals surface area contributed by atoms with Gasteiger partial charge in [-0.25, -0.2) is 4.39 Å². The molecule has 0 radical (unpaired) electrons. The largest absolute Gasteiger partial charge is 0.493 e. The lowest BCUT2D eigenvalue weighted by Crippen LogP contribution is -2.46. The lowest BCUT2D eigenvalue weighted by molar-refractivity contribution is 0.108. The van der Waals surface area contributed by atoms with Gasteiger partial charge in [0.15, 0.2) is 11.5 Å². The van der Waals surface area contributed by atoms with Crippen molar-refractivity contribution in [3.05, 3.63) is 23.5 Å². The standard InChI is InChI=1S/C14H21FN2O3/c1-19-13-7-10(11(15)8-14(13)20-2)12(9-18)17-5-3-16-4-6-17/h7-8,12,16,18H,3-6,9H2,1-2H3/t12-/m0/s1. The topological polar surface area (TPSA) is 54.0 Å². The molecule has 1 aliphatic rings. The molecule has 0 unspecified atom stereocenters. The third-order valence-corrected chi connectivity index (χ3v) is 3.63. The van der Waals surface area contributed by atoms with E-state index in [0.717, 1.165) is 26.2 Å².